The largest absolute Gasteiger partial charge is 0.462 e. The lowest BCUT2D eigenvalue weighted by atomic mass is 10.0. The Hall–Kier alpha value is -2.71. The molecule has 0 saturated carbocycles. The minimum atomic E-state index is -0.362. The number of carbonyl (C=O) groups is 1. The van der Waals surface area contributed by atoms with Gasteiger partial charge in [-0.05, 0) is 36.9 Å². The van der Waals surface area contributed by atoms with Gasteiger partial charge in [0.15, 0.2) is 0 Å². The average Bonchev–Trinajstić information content (AvgIpc) is 3.38. The monoisotopic (exact) mass is 411 g/mol. The van der Waals surface area contributed by atoms with E-state index in [0.717, 1.165) is 21.3 Å². The van der Waals surface area contributed by atoms with Crippen LogP contribution in [0.25, 0.3) is 21.7 Å². The van der Waals surface area contributed by atoms with Gasteiger partial charge in [0.2, 0.25) is 0 Å². The summed E-state index contributed by atoms with van der Waals surface area (Å²) in [6.07, 6.45) is 0. The first-order chi connectivity index (χ1) is 13.7. The number of aromatic nitrogens is 3. The first kappa shape index (κ1) is 18.6. The fraction of sp³-hybridized carbons (Fsp3) is 0.200. The van der Waals surface area contributed by atoms with Crippen LogP contribution in [0.3, 0.4) is 0 Å². The molecule has 28 heavy (non-hydrogen) atoms. The van der Waals surface area contributed by atoms with Crippen molar-refractivity contribution in [1.82, 2.24) is 15.2 Å². The molecule has 0 aliphatic rings. The third-order valence-electron chi connectivity index (χ3n) is 4.18. The van der Waals surface area contributed by atoms with Gasteiger partial charge < -0.3 is 9.15 Å². The lowest BCUT2D eigenvalue weighted by Crippen LogP contribution is -2.12. The van der Waals surface area contributed by atoms with Crippen molar-refractivity contribution in [3.05, 3.63) is 58.6 Å². The predicted octanol–water partition coefficient (Wildman–Crippen LogP) is 5.12. The smallest absolute Gasteiger partial charge is 0.340 e. The molecule has 0 fully saturated rings. The zero-order valence-corrected chi connectivity index (χ0v) is 17.0. The molecule has 8 heteroatoms. The predicted molar refractivity (Wildman–Crippen MR) is 110 cm³/mol. The van der Waals surface area contributed by atoms with Crippen LogP contribution >= 0.6 is 23.1 Å². The zero-order valence-electron chi connectivity index (χ0n) is 15.3. The van der Waals surface area contributed by atoms with Crippen molar-refractivity contribution in [2.24, 2.45) is 0 Å². The number of aryl methyl sites for hydroxylation is 1. The molecule has 0 aliphatic heterocycles. The van der Waals surface area contributed by atoms with Crippen molar-refractivity contribution in [1.29, 1.82) is 0 Å². The Morgan fingerprint density at radius 1 is 1.21 bits per heavy atom. The van der Waals surface area contributed by atoms with Crippen molar-refractivity contribution in [3.63, 3.8) is 0 Å². The lowest BCUT2D eigenvalue weighted by molar-refractivity contribution is 0.0524. The van der Waals surface area contributed by atoms with Gasteiger partial charge in [-0.25, -0.2) is 4.79 Å². The fourth-order valence-corrected chi connectivity index (χ4v) is 4.27. The summed E-state index contributed by atoms with van der Waals surface area (Å²) >= 11 is 2.89. The molecule has 0 spiro atoms. The van der Waals surface area contributed by atoms with Crippen molar-refractivity contribution in [2.75, 3.05) is 6.61 Å². The third kappa shape index (κ3) is 3.65. The second-order valence-electron chi connectivity index (χ2n) is 5.94. The highest BCUT2D eigenvalue weighted by Crippen LogP contribution is 2.31. The normalized spacial score (nSPS) is 11.1. The minimum absolute atomic E-state index is 0.311. The molecule has 0 bridgehead atoms. The first-order valence-electron chi connectivity index (χ1n) is 8.73. The number of rotatable bonds is 6. The molecule has 1 aromatic carbocycles. The Morgan fingerprint density at radius 3 is 2.86 bits per heavy atom. The number of para-hydroxylation sites is 1. The minimum Gasteiger partial charge on any atom is -0.462 e. The van der Waals surface area contributed by atoms with E-state index in [0.29, 0.717) is 34.7 Å². The summed E-state index contributed by atoms with van der Waals surface area (Å²) in [6.45, 7) is 4.03. The SMILES string of the molecule is CCOC(=O)c1c(CSc2nnc(-c3cccs3)o2)nc2ccccc2c1C. The lowest BCUT2D eigenvalue weighted by Gasteiger charge is -2.13. The maximum atomic E-state index is 12.6. The number of nitrogens with zero attached hydrogens (tertiary/aromatic N) is 3. The summed E-state index contributed by atoms with van der Waals surface area (Å²) in [5, 5.41) is 11.5. The second-order valence-corrected chi connectivity index (χ2v) is 7.81. The quantitative estimate of drug-likeness (QED) is 0.322. The number of fused-ring (bicyclic) bond motifs is 1. The van der Waals surface area contributed by atoms with E-state index in [1.165, 1.54) is 23.1 Å². The van der Waals surface area contributed by atoms with Crippen LogP contribution in [-0.4, -0.2) is 27.8 Å². The van der Waals surface area contributed by atoms with E-state index in [2.05, 4.69) is 10.2 Å². The van der Waals surface area contributed by atoms with Gasteiger partial charge in [-0.15, -0.1) is 21.5 Å². The number of benzene rings is 1. The molecule has 3 heterocycles. The number of hydrogen-bond acceptors (Lipinski definition) is 8. The topological polar surface area (TPSA) is 78.1 Å². The molecule has 4 rings (SSSR count). The van der Waals surface area contributed by atoms with Crippen molar-refractivity contribution in [3.8, 4) is 10.8 Å². The summed E-state index contributed by atoms with van der Waals surface area (Å²) in [6, 6.07) is 11.6. The number of thioether (sulfide) groups is 1. The van der Waals surface area contributed by atoms with Gasteiger partial charge in [-0.3, -0.25) is 4.98 Å². The Bertz CT molecular complexity index is 1120. The van der Waals surface area contributed by atoms with E-state index in [1.807, 2.05) is 48.7 Å². The van der Waals surface area contributed by atoms with E-state index in [1.54, 1.807) is 6.92 Å². The number of ether oxygens (including phenoxy) is 1. The molecule has 0 radical (unpaired) electrons. The molecule has 0 amide bonds. The summed E-state index contributed by atoms with van der Waals surface area (Å²) in [7, 11) is 0. The summed E-state index contributed by atoms with van der Waals surface area (Å²) < 4.78 is 11.0. The van der Waals surface area contributed by atoms with E-state index in [9.17, 15) is 4.79 Å². The molecule has 0 saturated heterocycles. The Balaban J connectivity index is 1.65. The van der Waals surface area contributed by atoms with Crippen molar-refractivity contribution in [2.45, 2.75) is 24.8 Å². The molecule has 0 N–H and O–H groups in total. The van der Waals surface area contributed by atoms with Gasteiger partial charge in [0, 0.05) is 11.1 Å². The Kier molecular flexibility index (Phi) is 5.40. The molecule has 0 atom stereocenters. The summed E-state index contributed by atoms with van der Waals surface area (Å²) in [5.41, 5.74) is 2.86. The van der Waals surface area contributed by atoms with Crippen molar-refractivity contribution < 1.29 is 13.9 Å². The molecule has 6 nitrogen and oxygen atoms in total. The molecular formula is C20H17N3O3S2. The van der Waals surface area contributed by atoms with Crippen LogP contribution in [-0.2, 0) is 10.5 Å². The summed E-state index contributed by atoms with van der Waals surface area (Å²) in [5.74, 6) is 0.552. The van der Waals surface area contributed by atoms with E-state index >= 15 is 0 Å². The van der Waals surface area contributed by atoms with Crippen LogP contribution in [0.1, 0.15) is 28.5 Å². The number of hydrogen-bond donors (Lipinski definition) is 0. The van der Waals surface area contributed by atoms with E-state index in [4.69, 9.17) is 14.1 Å². The highest BCUT2D eigenvalue weighted by molar-refractivity contribution is 7.98. The second kappa shape index (κ2) is 8.12. The van der Waals surface area contributed by atoms with Gasteiger partial charge in [0.05, 0.1) is 28.3 Å². The third-order valence-corrected chi connectivity index (χ3v) is 5.86. The maximum absolute atomic E-state index is 12.6. The van der Waals surface area contributed by atoms with Gasteiger partial charge in [-0.2, -0.15) is 0 Å². The van der Waals surface area contributed by atoms with Gasteiger partial charge in [-0.1, -0.05) is 36.0 Å². The van der Waals surface area contributed by atoms with Crippen LogP contribution in [0.5, 0.6) is 0 Å². The van der Waals surface area contributed by atoms with Gasteiger partial charge in [0.1, 0.15) is 0 Å². The van der Waals surface area contributed by atoms with Crippen LogP contribution in [0, 0.1) is 6.92 Å². The van der Waals surface area contributed by atoms with E-state index < -0.39 is 0 Å². The van der Waals surface area contributed by atoms with Crippen LogP contribution in [0.4, 0.5) is 0 Å². The molecule has 0 aliphatic carbocycles. The molecule has 3 aromatic heterocycles. The molecule has 0 unspecified atom stereocenters. The van der Waals surface area contributed by atoms with Crippen LogP contribution in [0.2, 0.25) is 0 Å². The highest BCUT2D eigenvalue weighted by atomic mass is 32.2. The van der Waals surface area contributed by atoms with Crippen LogP contribution < -0.4 is 0 Å². The fourth-order valence-electron chi connectivity index (χ4n) is 2.92. The number of pyridine rings is 1. The van der Waals surface area contributed by atoms with Gasteiger partial charge >= 0.3 is 5.97 Å². The number of carbonyl (C=O) groups excluding carboxylic acids is 1. The zero-order chi connectivity index (χ0) is 19.5. The standard InChI is InChI=1S/C20H17N3O3S2/c1-3-25-19(24)17-12(2)13-7-4-5-8-14(13)21-15(17)11-28-20-23-22-18(26-20)16-9-6-10-27-16/h4-10H,3,11H2,1-2H3. The first-order valence-corrected chi connectivity index (χ1v) is 10.6. The maximum Gasteiger partial charge on any atom is 0.340 e. The van der Waals surface area contributed by atoms with Crippen molar-refractivity contribution >= 4 is 40.0 Å². The Labute approximate surface area is 170 Å². The average molecular weight is 412 g/mol. The highest BCUT2D eigenvalue weighted by Gasteiger charge is 2.21. The number of thiophene rings is 1. The van der Waals surface area contributed by atoms with Gasteiger partial charge in [0.25, 0.3) is 11.1 Å². The Morgan fingerprint density at radius 2 is 2.07 bits per heavy atom. The van der Waals surface area contributed by atoms with E-state index in [-0.39, 0.29) is 5.97 Å². The van der Waals surface area contributed by atoms with Crippen LogP contribution in [0.15, 0.2) is 51.4 Å². The summed E-state index contributed by atoms with van der Waals surface area (Å²) in [4.78, 5) is 18.2. The molecular weight excluding hydrogens is 394 g/mol. The molecule has 4 aromatic rings. The number of esters is 1. The molecule has 142 valence electrons.